The predicted molar refractivity (Wildman–Crippen MR) is 46.2 cm³/mol. The van der Waals surface area contributed by atoms with Crippen LogP contribution in [0.3, 0.4) is 0 Å². The van der Waals surface area contributed by atoms with Gasteiger partial charge in [-0.25, -0.2) is 9.36 Å². The van der Waals surface area contributed by atoms with E-state index < -0.39 is 6.09 Å². The van der Waals surface area contributed by atoms with Gasteiger partial charge < -0.3 is 4.74 Å². The molecule has 4 nitrogen and oxygen atoms in total. The van der Waals surface area contributed by atoms with Gasteiger partial charge in [0.2, 0.25) is 0 Å². The van der Waals surface area contributed by atoms with Crippen LogP contribution in [-0.2, 0) is 9.84 Å². The lowest BCUT2D eigenvalue weighted by molar-refractivity contribution is 0.103. The van der Waals surface area contributed by atoms with Crippen LogP contribution in [0.4, 0.5) is 4.79 Å². The number of carbonyl (C=O) groups excluding carboxylic acids is 1. The average Bonchev–Trinajstić information content (AvgIpc) is 2.51. The van der Waals surface area contributed by atoms with E-state index in [0.29, 0.717) is 0 Å². The molecule has 1 aromatic heterocycles. The Bertz CT molecular complexity index is 293. The summed E-state index contributed by atoms with van der Waals surface area (Å²) in [6.45, 7) is 3.69. The van der Waals surface area contributed by atoms with Crippen LogP contribution in [-0.4, -0.2) is 16.8 Å². The predicted octanol–water partition coefficient (Wildman–Crippen LogP) is 2.42. The number of ether oxygens (including phenoxy) is 1. The molecule has 0 aliphatic carbocycles. The second-order valence-corrected chi connectivity index (χ2v) is 2.82. The van der Waals surface area contributed by atoms with Crippen molar-refractivity contribution in [3.63, 3.8) is 0 Å². The smallest absolute Gasteiger partial charge is 0.421 e. The van der Waals surface area contributed by atoms with Gasteiger partial charge >= 0.3 is 6.09 Å². The van der Waals surface area contributed by atoms with Gasteiger partial charge in [-0.1, -0.05) is 6.92 Å². The highest BCUT2D eigenvalue weighted by atomic mass is 16.6. The van der Waals surface area contributed by atoms with Crippen LogP contribution in [0.1, 0.15) is 20.3 Å². The van der Waals surface area contributed by atoms with E-state index in [1.165, 1.54) is 18.3 Å². The number of nitrogens with zero attached hydrogens (tertiary/aromatic N) is 1. The lowest BCUT2D eigenvalue weighted by Gasteiger charge is -2.10. The summed E-state index contributed by atoms with van der Waals surface area (Å²) < 4.78 is 5.90. The quantitative estimate of drug-likeness (QED) is 0.705. The van der Waals surface area contributed by atoms with Gasteiger partial charge in [-0.05, 0) is 19.4 Å². The van der Waals surface area contributed by atoms with Crippen LogP contribution in [0.15, 0.2) is 18.3 Å². The largest absolute Gasteiger partial charge is 0.446 e. The molecule has 0 amide bonds. The summed E-state index contributed by atoms with van der Waals surface area (Å²) in [4.78, 5) is 11.2. The summed E-state index contributed by atoms with van der Waals surface area (Å²) in [5.74, 6) is -0.353. The zero-order valence-electron chi connectivity index (χ0n) is 7.69. The maximum absolute atomic E-state index is 11.2. The van der Waals surface area contributed by atoms with E-state index in [9.17, 15) is 9.90 Å². The summed E-state index contributed by atoms with van der Waals surface area (Å²) in [5.41, 5.74) is 0. The Hall–Kier alpha value is -1.45. The van der Waals surface area contributed by atoms with Crippen molar-refractivity contribution in [3.8, 4) is 5.88 Å². The van der Waals surface area contributed by atoms with Crippen molar-refractivity contribution in [2.24, 2.45) is 0 Å². The second-order valence-electron chi connectivity index (χ2n) is 2.82. The second kappa shape index (κ2) is 3.98. The first-order chi connectivity index (χ1) is 6.15. The van der Waals surface area contributed by atoms with Crippen molar-refractivity contribution < 1.29 is 14.6 Å². The van der Waals surface area contributed by atoms with E-state index in [2.05, 4.69) is 0 Å². The van der Waals surface area contributed by atoms with Crippen LogP contribution in [0.25, 0.3) is 0 Å². The molecule has 13 heavy (non-hydrogen) atoms. The van der Waals surface area contributed by atoms with Crippen molar-refractivity contribution in [3.05, 3.63) is 18.3 Å². The molecule has 0 aromatic carbocycles. The molecule has 1 rings (SSSR count). The van der Waals surface area contributed by atoms with E-state index in [-0.39, 0.29) is 12.0 Å². The van der Waals surface area contributed by atoms with Crippen LogP contribution in [0.5, 0.6) is 5.88 Å². The fourth-order valence-electron chi connectivity index (χ4n) is 0.828. The van der Waals surface area contributed by atoms with Gasteiger partial charge in [0, 0.05) is 12.3 Å². The van der Waals surface area contributed by atoms with Gasteiger partial charge in [0.15, 0.2) is 0 Å². The van der Waals surface area contributed by atoms with Gasteiger partial charge in [0.25, 0.3) is 5.88 Å². The molecule has 4 heteroatoms. The Morgan fingerprint density at radius 2 is 2.38 bits per heavy atom. The normalized spacial score (nSPS) is 12.5. The maximum Gasteiger partial charge on any atom is 0.421 e. The van der Waals surface area contributed by atoms with Crippen molar-refractivity contribution in [2.45, 2.75) is 26.4 Å². The van der Waals surface area contributed by atoms with Crippen molar-refractivity contribution in [1.29, 1.82) is 0 Å². The highest BCUT2D eigenvalue weighted by Crippen LogP contribution is 2.11. The fraction of sp³-hybridized carbons (Fsp3) is 0.444. The lowest BCUT2D eigenvalue weighted by Crippen LogP contribution is -2.18. The minimum Gasteiger partial charge on any atom is -0.446 e. The Kier molecular flexibility index (Phi) is 2.95. The first-order valence-electron chi connectivity index (χ1n) is 4.20. The highest BCUT2D eigenvalue weighted by molar-refractivity contribution is 5.72. The topological polar surface area (TPSA) is 51.1 Å². The van der Waals surface area contributed by atoms with Crippen molar-refractivity contribution in [1.82, 2.24) is 4.57 Å². The van der Waals surface area contributed by atoms with E-state index >= 15 is 0 Å². The third-order valence-corrected chi connectivity index (χ3v) is 1.78. The molecule has 0 aliphatic rings. The molecular weight excluding hydrogens is 170 g/mol. The third-order valence-electron chi connectivity index (χ3n) is 1.78. The minimum absolute atomic E-state index is 0.158. The number of carbonyl (C=O) groups is 1. The molecular formula is C9H12NO3. The van der Waals surface area contributed by atoms with Crippen molar-refractivity contribution in [2.75, 3.05) is 0 Å². The molecule has 0 spiro atoms. The summed E-state index contributed by atoms with van der Waals surface area (Å²) in [6, 6.07) is 2.83. The van der Waals surface area contributed by atoms with Crippen LogP contribution in [0.2, 0.25) is 0 Å². The van der Waals surface area contributed by atoms with Crippen LogP contribution < -0.4 is 0 Å². The summed E-state index contributed by atoms with van der Waals surface area (Å²) in [6.07, 6.45) is 1.37. The first-order valence-corrected chi connectivity index (χ1v) is 4.20. The van der Waals surface area contributed by atoms with E-state index in [1.54, 1.807) is 6.92 Å². The molecule has 71 valence electrons. The van der Waals surface area contributed by atoms with Gasteiger partial charge in [-0.2, -0.15) is 0 Å². The van der Waals surface area contributed by atoms with Crippen molar-refractivity contribution >= 4 is 6.09 Å². The van der Waals surface area contributed by atoms with E-state index in [0.717, 1.165) is 11.0 Å². The van der Waals surface area contributed by atoms with Gasteiger partial charge in [-0.15, -0.1) is 0 Å². The molecule has 0 saturated heterocycles. The highest BCUT2D eigenvalue weighted by Gasteiger charge is 2.12. The molecule has 0 bridgehead atoms. The monoisotopic (exact) mass is 182 g/mol. The molecule has 0 fully saturated rings. The summed E-state index contributed by atoms with van der Waals surface area (Å²) >= 11 is 0. The number of rotatable bonds is 2. The van der Waals surface area contributed by atoms with Crippen LogP contribution in [0, 0.1) is 0 Å². The van der Waals surface area contributed by atoms with Gasteiger partial charge in [0.1, 0.15) is 6.10 Å². The average molecular weight is 182 g/mol. The van der Waals surface area contributed by atoms with E-state index in [4.69, 9.17) is 4.74 Å². The van der Waals surface area contributed by atoms with Gasteiger partial charge in [-0.3, -0.25) is 5.11 Å². The van der Waals surface area contributed by atoms with Gasteiger partial charge in [0.05, 0.1) is 0 Å². The molecule has 0 N–H and O–H groups in total. The fourth-order valence-corrected chi connectivity index (χ4v) is 0.828. The Labute approximate surface area is 76.7 Å². The Morgan fingerprint density at radius 1 is 1.69 bits per heavy atom. The Morgan fingerprint density at radius 3 is 2.85 bits per heavy atom. The molecule has 1 atom stereocenters. The first kappa shape index (κ1) is 9.64. The maximum atomic E-state index is 11.2. The summed E-state index contributed by atoms with van der Waals surface area (Å²) in [5, 5.41) is 11.0. The number of hydrogen-bond donors (Lipinski definition) is 0. The zero-order chi connectivity index (χ0) is 9.84. The standard InChI is InChI=1S/C9H12NO3/c1-3-7(2)13-9(12)10-6-4-5-8(10)11/h4-7H,3H2,1-2H3. The SMILES string of the molecule is CCC(C)OC(=O)n1cccc1[O]. The van der Waals surface area contributed by atoms with E-state index in [1.807, 2.05) is 6.92 Å². The molecule has 0 aliphatic heterocycles. The molecule has 1 aromatic rings. The number of hydrogen-bond acceptors (Lipinski definition) is 2. The molecule has 1 heterocycles. The van der Waals surface area contributed by atoms with Crippen LogP contribution >= 0.6 is 0 Å². The number of aromatic nitrogens is 1. The third kappa shape index (κ3) is 2.24. The molecule has 1 unspecified atom stereocenters. The molecule has 1 radical (unpaired) electrons. The lowest BCUT2D eigenvalue weighted by atomic mass is 10.3. The zero-order valence-corrected chi connectivity index (χ0v) is 7.69. The Balaban J connectivity index is 2.64. The molecule has 0 saturated carbocycles. The summed E-state index contributed by atoms with van der Waals surface area (Å²) in [7, 11) is 0. The minimum atomic E-state index is -0.607.